The molecular weight excluding hydrogens is 238 g/mol. The van der Waals surface area contributed by atoms with Crippen LogP contribution in [0.3, 0.4) is 0 Å². The Morgan fingerprint density at radius 3 is 2.37 bits per heavy atom. The SMILES string of the molecule is CCCCNCC(C)Oc1ccc(OCCC)cc1. The molecule has 0 aliphatic heterocycles. The summed E-state index contributed by atoms with van der Waals surface area (Å²) in [7, 11) is 0. The number of hydrogen-bond donors (Lipinski definition) is 1. The Bertz CT molecular complexity index is 324. The average Bonchev–Trinajstić information content (AvgIpc) is 2.43. The molecule has 0 bridgehead atoms. The fourth-order valence-corrected chi connectivity index (χ4v) is 1.72. The lowest BCUT2D eigenvalue weighted by Gasteiger charge is -2.15. The number of unbranched alkanes of at least 4 members (excludes halogenated alkanes) is 1. The zero-order chi connectivity index (χ0) is 13.9. The highest BCUT2D eigenvalue weighted by Crippen LogP contribution is 2.18. The smallest absolute Gasteiger partial charge is 0.120 e. The number of hydrogen-bond acceptors (Lipinski definition) is 3. The number of ether oxygens (including phenoxy) is 2. The van der Waals surface area contributed by atoms with Gasteiger partial charge in [0.1, 0.15) is 17.6 Å². The summed E-state index contributed by atoms with van der Waals surface area (Å²) >= 11 is 0. The van der Waals surface area contributed by atoms with E-state index in [1.807, 2.05) is 24.3 Å². The molecule has 0 fully saturated rings. The Morgan fingerprint density at radius 1 is 1.05 bits per heavy atom. The van der Waals surface area contributed by atoms with Gasteiger partial charge in [0, 0.05) is 6.54 Å². The third-order valence-corrected chi connectivity index (χ3v) is 2.77. The summed E-state index contributed by atoms with van der Waals surface area (Å²) in [5.74, 6) is 1.80. The molecule has 0 aliphatic rings. The standard InChI is InChI=1S/C16H27NO2/c1-4-6-11-17-13-14(3)19-16-9-7-15(8-10-16)18-12-5-2/h7-10,14,17H,4-6,11-13H2,1-3H3. The van der Waals surface area contributed by atoms with E-state index >= 15 is 0 Å². The quantitative estimate of drug-likeness (QED) is 0.655. The van der Waals surface area contributed by atoms with Crippen LogP contribution < -0.4 is 14.8 Å². The summed E-state index contributed by atoms with van der Waals surface area (Å²) in [4.78, 5) is 0. The molecule has 0 radical (unpaired) electrons. The first-order valence-corrected chi connectivity index (χ1v) is 7.36. The second-order valence-corrected chi connectivity index (χ2v) is 4.81. The Morgan fingerprint density at radius 2 is 1.74 bits per heavy atom. The van der Waals surface area contributed by atoms with Gasteiger partial charge in [-0.15, -0.1) is 0 Å². The lowest BCUT2D eigenvalue weighted by molar-refractivity contribution is 0.217. The van der Waals surface area contributed by atoms with E-state index < -0.39 is 0 Å². The molecule has 1 N–H and O–H groups in total. The minimum absolute atomic E-state index is 0.180. The van der Waals surface area contributed by atoms with E-state index in [9.17, 15) is 0 Å². The molecule has 1 aromatic rings. The van der Waals surface area contributed by atoms with Gasteiger partial charge in [-0.1, -0.05) is 20.3 Å². The first-order chi connectivity index (χ1) is 9.26. The van der Waals surface area contributed by atoms with E-state index in [1.54, 1.807) is 0 Å². The normalized spacial score (nSPS) is 12.2. The molecule has 0 amide bonds. The van der Waals surface area contributed by atoms with Crippen LogP contribution in [0.25, 0.3) is 0 Å². The van der Waals surface area contributed by atoms with Crippen molar-refractivity contribution in [1.82, 2.24) is 5.32 Å². The van der Waals surface area contributed by atoms with Crippen molar-refractivity contribution < 1.29 is 9.47 Å². The predicted octanol–water partition coefficient (Wildman–Crippen LogP) is 3.63. The molecule has 19 heavy (non-hydrogen) atoms. The van der Waals surface area contributed by atoms with Gasteiger partial charge in [0.25, 0.3) is 0 Å². The Balaban J connectivity index is 2.27. The average molecular weight is 265 g/mol. The summed E-state index contributed by atoms with van der Waals surface area (Å²) < 4.78 is 11.4. The molecule has 0 heterocycles. The Labute approximate surface area is 117 Å². The lowest BCUT2D eigenvalue weighted by atomic mass is 10.3. The molecule has 0 spiro atoms. The van der Waals surface area contributed by atoms with Crippen molar-refractivity contribution in [2.45, 2.75) is 46.1 Å². The second kappa shape index (κ2) is 9.68. The van der Waals surface area contributed by atoms with Crippen LogP contribution in [0.5, 0.6) is 11.5 Å². The fraction of sp³-hybridized carbons (Fsp3) is 0.625. The minimum Gasteiger partial charge on any atom is -0.494 e. The van der Waals surface area contributed by atoms with Crippen molar-refractivity contribution in [2.24, 2.45) is 0 Å². The highest BCUT2D eigenvalue weighted by molar-refractivity contribution is 5.31. The monoisotopic (exact) mass is 265 g/mol. The molecule has 0 saturated carbocycles. The maximum atomic E-state index is 5.84. The molecule has 0 saturated heterocycles. The van der Waals surface area contributed by atoms with Crippen molar-refractivity contribution in [1.29, 1.82) is 0 Å². The van der Waals surface area contributed by atoms with Crippen LogP contribution in [-0.2, 0) is 0 Å². The molecule has 108 valence electrons. The van der Waals surface area contributed by atoms with Crippen LogP contribution >= 0.6 is 0 Å². The minimum atomic E-state index is 0.180. The predicted molar refractivity (Wildman–Crippen MR) is 80.1 cm³/mol. The van der Waals surface area contributed by atoms with Crippen LogP contribution in [-0.4, -0.2) is 25.8 Å². The first kappa shape index (κ1) is 15.8. The molecule has 3 nitrogen and oxygen atoms in total. The second-order valence-electron chi connectivity index (χ2n) is 4.81. The van der Waals surface area contributed by atoms with Crippen molar-refractivity contribution in [3.8, 4) is 11.5 Å². The molecule has 1 unspecified atom stereocenters. The number of nitrogens with one attached hydrogen (secondary N) is 1. The Kier molecular flexibility index (Phi) is 8.07. The first-order valence-electron chi connectivity index (χ1n) is 7.36. The van der Waals surface area contributed by atoms with Crippen molar-refractivity contribution in [2.75, 3.05) is 19.7 Å². The van der Waals surface area contributed by atoms with Gasteiger partial charge < -0.3 is 14.8 Å². The summed E-state index contributed by atoms with van der Waals surface area (Å²) in [6, 6.07) is 7.85. The summed E-state index contributed by atoms with van der Waals surface area (Å²) in [5, 5.41) is 3.40. The summed E-state index contributed by atoms with van der Waals surface area (Å²) in [6.45, 7) is 9.09. The highest BCUT2D eigenvalue weighted by atomic mass is 16.5. The van der Waals surface area contributed by atoms with E-state index in [1.165, 1.54) is 12.8 Å². The third kappa shape index (κ3) is 7.06. The zero-order valence-corrected chi connectivity index (χ0v) is 12.4. The van der Waals surface area contributed by atoms with Gasteiger partial charge in [-0.2, -0.15) is 0 Å². The van der Waals surface area contributed by atoms with Crippen molar-refractivity contribution >= 4 is 0 Å². The number of rotatable bonds is 10. The van der Waals surface area contributed by atoms with Crippen LogP contribution in [0.15, 0.2) is 24.3 Å². The highest BCUT2D eigenvalue weighted by Gasteiger charge is 2.03. The van der Waals surface area contributed by atoms with Gasteiger partial charge in [0.15, 0.2) is 0 Å². The van der Waals surface area contributed by atoms with Crippen LogP contribution in [0.1, 0.15) is 40.0 Å². The lowest BCUT2D eigenvalue weighted by Crippen LogP contribution is -2.29. The molecule has 1 rings (SSSR count). The molecule has 1 atom stereocenters. The maximum absolute atomic E-state index is 5.84. The number of benzene rings is 1. The van der Waals surface area contributed by atoms with Crippen molar-refractivity contribution in [3.63, 3.8) is 0 Å². The van der Waals surface area contributed by atoms with Gasteiger partial charge in [-0.25, -0.2) is 0 Å². The van der Waals surface area contributed by atoms with Crippen LogP contribution in [0.2, 0.25) is 0 Å². The molecular formula is C16H27NO2. The maximum Gasteiger partial charge on any atom is 0.120 e. The zero-order valence-electron chi connectivity index (χ0n) is 12.4. The molecule has 3 heteroatoms. The van der Waals surface area contributed by atoms with Gasteiger partial charge in [-0.3, -0.25) is 0 Å². The fourth-order valence-electron chi connectivity index (χ4n) is 1.72. The molecule has 1 aromatic carbocycles. The van der Waals surface area contributed by atoms with Gasteiger partial charge in [-0.05, 0) is 50.6 Å². The van der Waals surface area contributed by atoms with Crippen LogP contribution in [0, 0.1) is 0 Å². The molecule has 0 aliphatic carbocycles. The summed E-state index contributed by atoms with van der Waals surface area (Å²) in [6.07, 6.45) is 3.65. The molecule has 0 aromatic heterocycles. The van der Waals surface area contributed by atoms with E-state index in [0.29, 0.717) is 0 Å². The van der Waals surface area contributed by atoms with E-state index in [2.05, 4.69) is 26.1 Å². The van der Waals surface area contributed by atoms with Gasteiger partial charge in [0.05, 0.1) is 6.61 Å². The largest absolute Gasteiger partial charge is 0.494 e. The van der Waals surface area contributed by atoms with E-state index in [0.717, 1.165) is 37.6 Å². The summed E-state index contributed by atoms with van der Waals surface area (Å²) in [5.41, 5.74) is 0. The van der Waals surface area contributed by atoms with Crippen molar-refractivity contribution in [3.05, 3.63) is 24.3 Å². The Hall–Kier alpha value is -1.22. The van der Waals surface area contributed by atoms with Crippen LogP contribution in [0.4, 0.5) is 0 Å². The van der Waals surface area contributed by atoms with E-state index in [-0.39, 0.29) is 6.10 Å². The van der Waals surface area contributed by atoms with E-state index in [4.69, 9.17) is 9.47 Å². The van der Waals surface area contributed by atoms with Gasteiger partial charge in [0.2, 0.25) is 0 Å². The third-order valence-electron chi connectivity index (χ3n) is 2.77. The topological polar surface area (TPSA) is 30.5 Å². The van der Waals surface area contributed by atoms with Gasteiger partial charge >= 0.3 is 0 Å².